The third-order valence-corrected chi connectivity index (χ3v) is 2.40. The molecule has 0 aromatic rings. The number of likely N-dealkylation sites (tertiary alicyclic amines) is 1. The molecule has 0 bridgehead atoms. The molecule has 0 saturated carbocycles. The molecule has 0 aromatic carbocycles. The molecule has 0 spiro atoms. The lowest BCUT2D eigenvalue weighted by atomic mass is 10.3. The average molecular weight is 228 g/mol. The zero-order chi connectivity index (χ0) is 12.1. The summed E-state index contributed by atoms with van der Waals surface area (Å²) in [6, 6.07) is -0.308. The second-order valence-corrected chi connectivity index (χ2v) is 3.84. The van der Waals surface area contributed by atoms with Gasteiger partial charge in [-0.05, 0) is 6.92 Å². The standard InChI is InChI=1S/C10H16N2O4/c1-7(6-13)11-8(14)4-5-12-9(15)2-3-10(12)16/h7,13H,2-6H2,1H3,(H,11,14)/t7-/m0/s1. The minimum absolute atomic E-state index is 0.0851. The van der Waals surface area contributed by atoms with Crippen molar-refractivity contribution in [2.75, 3.05) is 13.2 Å². The highest BCUT2D eigenvalue weighted by atomic mass is 16.3. The first-order valence-corrected chi connectivity index (χ1v) is 5.28. The van der Waals surface area contributed by atoms with Crippen LogP contribution in [0.1, 0.15) is 26.2 Å². The van der Waals surface area contributed by atoms with Gasteiger partial charge in [-0.15, -0.1) is 0 Å². The molecule has 1 saturated heterocycles. The van der Waals surface area contributed by atoms with Crippen LogP contribution in [0.4, 0.5) is 0 Å². The first-order valence-electron chi connectivity index (χ1n) is 5.28. The van der Waals surface area contributed by atoms with Crippen LogP contribution in [0.2, 0.25) is 0 Å². The number of hydrogen-bond acceptors (Lipinski definition) is 4. The maximum atomic E-state index is 11.3. The van der Waals surface area contributed by atoms with Crippen LogP contribution in [0.5, 0.6) is 0 Å². The highest BCUT2D eigenvalue weighted by molar-refractivity contribution is 6.02. The molecule has 90 valence electrons. The molecule has 0 aliphatic carbocycles. The number of hydrogen-bond donors (Lipinski definition) is 2. The van der Waals surface area contributed by atoms with Gasteiger partial charge >= 0.3 is 0 Å². The van der Waals surface area contributed by atoms with Crippen molar-refractivity contribution in [1.82, 2.24) is 10.2 Å². The summed E-state index contributed by atoms with van der Waals surface area (Å²) in [7, 11) is 0. The second-order valence-electron chi connectivity index (χ2n) is 3.84. The topological polar surface area (TPSA) is 86.7 Å². The van der Waals surface area contributed by atoms with Crippen LogP contribution in [-0.2, 0) is 14.4 Å². The van der Waals surface area contributed by atoms with Crippen molar-refractivity contribution >= 4 is 17.7 Å². The molecular weight excluding hydrogens is 212 g/mol. The van der Waals surface area contributed by atoms with Crippen LogP contribution in [-0.4, -0.2) is 46.9 Å². The average Bonchev–Trinajstić information content (AvgIpc) is 2.56. The third-order valence-electron chi connectivity index (χ3n) is 2.40. The van der Waals surface area contributed by atoms with E-state index in [1.807, 2.05) is 0 Å². The van der Waals surface area contributed by atoms with Crippen LogP contribution < -0.4 is 5.32 Å². The van der Waals surface area contributed by atoms with Gasteiger partial charge < -0.3 is 10.4 Å². The number of amides is 3. The minimum Gasteiger partial charge on any atom is -0.394 e. The van der Waals surface area contributed by atoms with Crippen molar-refractivity contribution < 1.29 is 19.5 Å². The summed E-state index contributed by atoms with van der Waals surface area (Å²) in [5.41, 5.74) is 0. The molecule has 0 unspecified atom stereocenters. The number of rotatable bonds is 5. The van der Waals surface area contributed by atoms with E-state index in [-0.39, 0.29) is 56.2 Å². The van der Waals surface area contributed by atoms with Gasteiger partial charge in [-0.2, -0.15) is 0 Å². The molecule has 1 aliphatic rings. The SMILES string of the molecule is C[C@@H](CO)NC(=O)CCN1C(=O)CCC1=O. The summed E-state index contributed by atoms with van der Waals surface area (Å²) >= 11 is 0. The number of nitrogens with zero attached hydrogens (tertiary/aromatic N) is 1. The Morgan fingerprint density at radius 2 is 2.00 bits per heavy atom. The van der Waals surface area contributed by atoms with E-state index in [0.717, 1.165) is 4.90 Å². The molecule has 0 aromatic heterocycles. The molecule has 1 fully saturated rings. The number of imide groups is 1. The lowest BCUT2D eigenvalue weighted by Crippen LogP contribution is -2.38. The summed E-state index contributed by atoms with van der Waals surface area (Å²) in [5, 5.41) is 11.3. The van der Waals surface area contributed by atoms with E-state index in [2.05, 4.69) is 5.32 Å². The van der Waals surface area contributed by atoms with E-state index in [1.54, 1.807) is 6.92 Å². The van der Waals surface area contributed by atoms with E-state index in [4.69, 9.17) is 5.11 Å². The van der Waals surface area contributed by atoms with Crippen molar-refractivity contribution in [2.24, 2.45) is 0 Å². The molecular formula is C10H16N2O4. The van der Waals surface area contributed by atoms with Gasteiger partial charge in [0.15, 0.2) is 0 Å². The zero-order valence-corrected chi connectivity index (χ0v) is 9.23. The van der Waals surface area contributed by atoms with Gasteiger partial charge in [0.05, 0.1) is 6.61 Å². The second kappa shape index (κ2) is 5.60. The minimum atomic E-state index is -0.308. The highest BCUT2D eigenvalue weighted by Gasteiger charge is 2.28. The molecule has 6 heteroatoms. The zero-order valence-electron chi connectivity index (χ0n) is 9.23. The van der Waals surface area contributed by atoms with Gasteiger partial charge in [0.2, 0.25) is 17.7 Å². The summed E-state index contributed by atoms with van der Waals surface area (Å²) in [4.78, 5) is 34.8. The van der Waals surface area contributed by atoms with Gasteiger partial charge in [-0.25, -0.2) is 0 Å². The highest BCUT2D eigenvalue weighted by Crippen LogP contribution is 2.11. The fraction of sp³-hybridized carbons (Fsp3) is 0.700. The number of carbonyl (C=O) groups excluding carboxylic acids is 3. The van der Waals surface area contributed by atoms with Crippen LogP contribution >= 0.6 is 0 Å². The van der Waals surface area contributed by atoms with Gasteiger partial charge in [0.25, 0.3) is 0 Å². The molecule has 3 amide bonds. The molecule has 6 nitrogen and oxygen atoms in total. The molecule has 1 rings (SSSR count). The van der Waals surface area contributed by atoms with Crippen molar-refractivity contribution in [3.05, 3.63) is 0 Å². The quantitative estimate of drug-likeness (QED) is 0.592. The first kappa shape index (κ1) is 12.6. The van der Waals surface area contributed by atoms with Gasteiger partial charge in [-0.3, -0.25) is 19.3 Å². The van der Waals surface area contributed by atoms with Crippen molar-refractivity contribution in [2.45, 2.75) is 32.2 Å². The Bertz CT molecular complexity index is 287. The first-order chi connectivity index (χ1) is 7.54. The number of aliphatic hydroxyl groups excluding tert-OH is 1. The summed E-state index contributed by atoms with van der Waals surface area (Å²) in [5.74, 6) is -0.699. The van der Waals surface area contributed by atoms with E-state index in [0.29, 0.717) is 0 Å². The smallest absolute Gasteiger partial charge is 0.229 e. The normalized spacial score (nSPS) is 17.8. The largest absolute Gasteiger partial charge is 0.394 e. The molecule has 0 radical (unpaired) electrons. The monoisotopic (exact) mass is 228 g/mol. The maximum Gasteiger partial charge on any atom is 0.229 e. The Hall–Kier alpha value is -1.43. The van der Waals surface area contributed by atoms with Crippen LogP contribution in [0.3, 0.4) is 0 Å². The third kappa shape index (κ3) is 3.30. The fourth-order valence-corrected chi connectivity index (χ4v) is 1.48. The molecule has 1 heterocycles. The molecule has 16 heavy (non-hydrogen) atoms. The Kier molecular flexibility index (Phi) is 4.42. The van der Waals surface area contributed by atoms with Crippen LogP contribution in [0, 0.1) is 0 Å². The van der Waals surface area contributed by atoms with Crippen molar-refractivity contribution in [3.8, 4) is 0 Å². The lowest BCUT2D eigenvalue weighted by molar-refractivity contribution is -0.138. The molecule has 2 N–H and O–H groups in total. The van der Waals surface area contributed by atoms with E-state index in [9.17, 15) is 14.4 Å². The summed E-state index contributed by atoms with van der Waals surface area (Å²) < 4.78 is 0. The van der Waals surface area contributed by atoms with E-state index < -0.39 is 0 Å². The Balaban J connectivity index is 2.31. The van der Waals surface area contributed by atoms with Crippen LogP contribution in [0.25, 0.3) is 0 Å². The van der Waals surface area contributed by atoms with E-state index >= 15 is 0 Å². The van der Waals surface area contributed by atoms with Gasteiger partial charge in [-0.1, -0.05) is 0 Å². The van der Waals surface area contributed by atoms with E-state index in [1.165, 1.54) is 0 Å². The molecule has 1 aliphatic heterocycles. The van der Waals surface area contributed by atoms with Gasteiger partial charge in [0, 0.05) is 31.8 Å². The fourth-order valence-electron chi connectivity index (χ4n) is 1.48. The van der Waals surface area contributed by atoms with Crippen LogP contribution in [0.15, 0.2) is 0 Å². The summed E-state index contributed by atoms with van der Waals surface area (Å²) in [6.07, 6.45) is 0.572. The Labute approximate surface area is 93.6 Å². The number of carbonyl (C=O) groups is 3. The Morgan fingerprint density at radius 3 is 2.50 bits per heavy atom. The number of nitrogens with one attached hydrogen (secondary N) is 1. The van der Waals surface area contributed by atoms with Crippen molar-refractivity contribution in [3.63, 3.8) is 0 Å². The maximum absolute atomic E-state index is 11.3. The number of aliphatic hydroxyl groups is 1. The predicted molar refractivity (Wildman–Crippen MR) is 55.3 cm³/mol. The van der Waals surface area contributed by atoms with Crippen molar-refractivity contribution in [1.29, 1.82) is 0 Å². The summed E-state index contributed by atoms with van der Waals surface area (Å²) in [6.45, 7) is 1.67. The predicted octanol–water partition coefficient (Wildman–Crippen LogP) is -0.977. The lowest BCUT2D eigenvalue weighted by Gasteiger charge is -2.15. The Morgan fingerprint density at radius 1 is 1.44 bits per heavy atom. The molecule has 1 atom stereocenters. The van der Waals surface area contributed by atoms with Gasteiger partial charge in [0.1, 0.15) is 0 Å².